The number of aliphatic hydroxyl groups is 1. The Hall–Kier alpha value is -1.28. The Balaban J connectivity index is 2.71. The molecule has 2 rings (SSSR count). The van der Waals surface area contributed by atoms with E-state index < -0.39 is 0 Å². The first-order valence-corrected chi connectivity index (χ1v) is 4.89. The maximum atomic E-state index is 8.97. The zero-order chi connectivity index (χ0) is 10.1. The minimum Gasteiger partial charge on any atom is -0.396 e. The first kappa shape index (κ1) is 9.28. The zero-order valence-electron chi connectivity index (χ0n) is 8.62. The molecular weight excluding hydrogens is 174 g/mol. The van der Waals surface area contributed by atoms with Crippen molar-refractivity contribution < 1.29 is 5.11 Å². The molecule has 0 bridgehead atoms. The van der Waals surface area contributed by atoms with Crippen LogP contribution in [0.2, 0.25) is 0 Å². The molecule has 0 saturated carbocycles. The molecule has 1 N–H and O–H groups in total. The minimum absolute atomic E-state index is 0.212. The number of hydrogen-bond acceptors (Lipinski definition) is 1. The summed E-state index contributed by atoms with van der Waals surface area (Å²) in [5, 5.41) is 10.2. The Labute approximate surface area is 83.8 Å². The lowest BCUT2D eigenvalue weighted by Crippen LogP contribution is -1.97. The lowest BCUT2D eigenvalue weighted by molar-refractivity contribution is 0.300. The topological polar surface area (TPSA) is 25.2 Å². The number of rotatable bonds is 2. The van der Waals surface area contributed by atoms with Gasteiger partial charge in [-0.3, -0.25) is 0 Å². The molecule has 1 aromatic heterocycles. The number of para-hydroxylation sites is 1. The summed E-state index contributed by atoms with van der Waals surface area (Å²) in [5.41, 5.74) is 3.73. The van der Waals surface area contributed by atoms with E-state index in [1.807, 2.05) is 6.07 Å². The normalized spacial score (nSPS) is 11.1. The molecule has 1 heterocycles. The number of nitrogens with zero attached hydrogens (tertiary/aromatic N) is 1. The van der Waals surface area contributed by atoms with Gasteiger partial charge in [-0.25, -0.2) is 0 Å². The van der Waals surface area contributed by atoms with Gasteiger partial charge in [-0.15, -0.1) is 0 Å². The Morgan fingerprint density at radius 1 is 1.36 bits per heavy atom. The van der Waals surface area contributed by atoms with Gasteiger partial charge in [0.1, 0.15) is 0 Å². The molecule has 0 atom stereocenters. The molecule has 0 aliphatic carbocycles. The van der Waals surface area contributed by atoms with E-state index in [1.165, 1.54) is 22.2 Å². The molecule has 14 heavy (non-hydrogen) atoms. The average molecular weight is 189 g/mol. The van der Waals surface area contributed by atoms with Crippen LogP contribution in [0.4, 0.5) is 0 Å². The first-order chi connectivity index (χ1) is 6.74. The molecule has 2 heteroatoms. The predicted molar refractivity (Wildman–Crippen MR) is 58.4 cm³/mol. The van der Waals surface area contributed by atoms with E-state index in [2.05, 4.69) is 36.7 Å². The SMILES string of the molecule is Cc1cc2cccc(CCO)c2n1C. The number of hydrogen-bond donors (Lipinski definition) is 1. The smallest absolute Gasteiger partial charge is 0.0513 e. The third-order valence-electron chi connectivity index (χ3n) is 2.76. The molecule has 0 spiro atoms. The fourth-order valence-corrected chi connectivity index (χ4v) is 1.96. The summed E-state index contributed by atoms with van der Waals surface area (Å²) >= 11 is 0. The van der Waals surface area contributed by atoms with Crippen LogP contribution in [0.5, 0.6) is 0 Å². The molecule has 0 saturated heterocycles. The Morgan fingerprint density at radius 2 is 2.14 bits per heavy atom. The molecule has 0 aliphatic heterocycles. The summed E-state index contributed by atoms with van der Waals surface area (Å²) in [6.07, 6.45) is 0.731. The van der Waals surface area contributed by atoms with Crippen molar-refractivity contribution in [2.75, 3.05) is 6.61 Å². The standard InChI is InChI=1S/C12H15NO/c1-9-8-11-5-3-4-10(6-7-14)12(11)13(9)2/h3-5,8,14H,6-7H2,1-2H3. The van der Waals surface area contributed by atoms with Crippen LogP contribution in [0, 0.1) is 6.92 Å². The minimum atomic E-state index is 0.212. The van der Waals surface area contributed by atoms with Crippen LogP contribution in [0.15, 0.2) is 24.3 Å². The summed E-state index contributed by atoms with van der Waals surface area (Å²) in [6, 6.07) is 8.42. The summed E-state index contributed by atoms with van der Waals surface area (Å²) < 4.78 is 2.18. The monoisotopic (exact) mass is 189 g/mol. The molecule has 0 aliphatic rings. The molecule has 74 valence electrons. The quantitative estimate of drug-likeness (QED) is 0.768. The van der Waals surface area contributed by atoms with Crippen LogP contribution >= 0.6 is 0 Å². The molecule has 2 nitrogen and oxygen atoms in total. The average Bonchev–Trinajstić information content (AvgIpc) is 2.45. The maximum Gasteiger partial charge on any atom is 0.0513 e. The van der Waals surface area contributed by atoms with Gasteiger partial charge in [0, 0.05) is 24.7 Å². The molecule has 0 fully saturated rings. The van der Waals surface area contributed by atoms with E-state index in [-0.39, 0.29) is 6.61 Å². The van der Waals surface area contributed by atoms with Crippen molar-refractivity contribution in [1.29, 1.82) is 0 Å². The molecule has 1 aromatic carbocycles. The summed E-state index contributed by atoms with van der Waals surface area (Å²) in [5.74, 6) is 0. The van der Waals surface area contributed by atoms with Crippen LogP contribution in [0.25, 0.3) is 10.9 Å². The van der Waals surface area contributed by atoms with E-state index in [0.717, 1.165) is 6.42 Å². The van der Waals surface area contributed by atoms with Crippen LogP contribution < -0.4 is 0 Å². The Kier molecular flexibility index (Phi) is 2.30. The molecule has 0 amide bonds. The van der Waals surface area contributed by atoms with E-state index in [1.54, 1.807) is 0 Å². The second kappa shape index (κ2) is 3.46. The fourth-order valence-electron chi connectivity index (χ4n) is 1.96. The van der Waals surface area contributed by atoms with Crippen LogP contribution in [0.3, 0.4) is 0 Å². The largest absolute Gasteiger partial charge is 0.396 e. The third kappa shape index (κ3) is 1.32. The van der Waals surface area contributed by atoms with E-state index in [0.29, 0.717) is 0 Å². The Morgan fingerprint density at radius 3 is 2.86 bits per heavy atom. The van der Waals surface area contributed by atoms with Crippen molar-refractivity contribution in [3.8, 4) is 0 Å². The van der Waals surface area contributed by atoms with E-state index >= 15 is 0 Å². The summed E-state index contributed by atoms with van der Waals surface area (Å²) in [6.45, 7) is 2.31. The van der Waals surface area contributed by atoms with Crippen molar-refractivity contribution >= 4 is 10.9 Å². The summed E-state index contributed by atoms with van der Waals surface area (Å²) in [7, 11) is 2.07. The lowest BCUT2D eigenvalue weighted by Gasteiger charge is -2.05. The van der Waals surface area contributed by atoms with Crippen molar-refractivity contribution in [1.82, 2.24) is 4.57 Å². The highest BCUT2D eigenvalue weighted by atomic mass is 16.2. The van der Waals surface area contributed by atoms with Crippen molar-refractivity contribution in [3.63, 3.8) is 0 Å². The van der Waals surface area contributed by atoms with Crippen molar-refractivity contribution in [3.05, 3.63) is 35.5 Å². The van der Waals surface area contributed by atoms with Crippen LogP contribution in [-0.2, 0) is 13.5 Å². The molecular formula is C12H15NO. The fraction of sp³-hybridized carbons (Fsp3) is 0.333. The highest BCUT2D eigenvalue weighted by Crippen LogP contribution is 2.22. The highest BCUT2D eigenvalue weighted by molar-refractivity contribution is 5.84. The maximum absolute atomic E-state index is 8.97. The predicted octanol–water partition coefficient (Wildman–Crippen LogP) is 2.02. The zero-order valence-corrected chi connectivity index (χ0v) is 8.62. The molecule has 2 aromatic rings. The van der Waals surface area contributed by atoms with Gasteiger partial charge in [0.2, 0.25) is 0 Å². The summed E-state index contributed by atoms with van der Waals surface area (Å²) in [4.78, 5) is 0. The number of aromatic nitrogens is 1. The van der Waals surface area contributed by atoms with Gasteiger partial charge in [-0.05, 0) is 25.0 Å². The number of aliphatic hydroxyl groups excluding tert-OH is 1. The van der Waals surface area contributed by atoms with Gasteiger partial charge in [-0.2, -0.15) is 0 Å². The van der Waals surface area contributed by atoms with Crippen LogP contribution in [0.1, 0.15) is 11.3 Å². The lowest BCUT2D eigenvalue weighted by atomic mass is 10.1. The number of benzene rings is 1. The van der Waals surface area contributed by atoms with E-state index in [4.69, 9.17) is 5.11 Å². The Bertz CT molecular complexity index is 457. The second-order valence-corrected chi connectivity index (χ2v) is 3.67. The van der Waals surface area contributed by atoms with Gasteiger partial charge < -0.3 is 9.67 Å². The van der Waals surface area contributed by atoms with Gasteiger partial charge in [0.25, 0.3) is 0 Å². The van der Waals surface area contributed by atoms with Gasteiger partial charge >= 0.3 is 0 Å². The van der Waals surface area contributed by atoms with Gasteiger partial charge in [-0.1, -0.05) is 18.2 Å². The third-order valence-corrected chi connectivity index (χ3v) is 2.76. The highest BCUT2D eigenvalue weighted by Gasteiger charge is 2.06. The van der Waals surface area contributed by atoms with E-state index in [9.17, 15) is 0 Å². The number of aryl methyl sites for hydroxylation is 2. The van der Waals surface area contributed by atoms with Gasteiger partial charge in [0.05, 0.1) is 5.52 Å². The molecule has 0 radical (unpaired) electrons. The van der Waals surface area contributed by atoms with Crippen LogP contribution in [-0.4, -0.2) is 16.3 Å². The van der Waals surface area contributed by atoms with Gasteiger partial charge in [0.15, 0.2) is 0 Å². The van der Waals surface area contributed by atoms with Crippen molar-refractivity contribution in [2.45, 2.75) is 13.3 Å². The first-order valence-electron chi connectivity index (χ1n) is 4.89. The molecule has 0 unspecified atom stereocenters. The second-order valence-electron chi connectivity index (χ2n) is 3.67. The van der Waals surface area contributed by atoms with Crippen molar-refractivity contribution in [2.24, 2.45) is 7.05 Å². The number of fused-ring (bicyclic) bond motifs is 1.